The molecule has 1 fully saturated rings. The summed E-state index contributed by atoms with van der Waals surface area (Å²) in [5, 5.41) is 20.9. The van der Waals surface area contributed by atoms with Crippen LogP contribution in [0.2, 0.25) is 0 Å². The van der Waals surface area contributed by atoms with Crippen LogP contribution in [0.4, 0.5) is 14.9 Å². The minimum Gasteiger partial charge on any atom is -0.489 e. The zero-order valence-corrected chi connectivity index (χ0v) is 26.0. The van der Waals surface area contributed by atoms with Crippen molar-refractivity contribution in [2.75, 3.05) is 18.5 Å². The molecule has 46 heavy (non-hydrogen) atoms. The molecule has 12 heteroatoms. The van der Waals surface area contributed by atoms with Crippen LogP contribution in [0, 0.1) is 12.7 Å². The molecule has 0 radical (unpaired) electrons. The van der Waals surface area contributed by atoms with E-state index in [4.69, 9.17) is 10.5 Å². The molecule has 4 aromatic rings. The Labute approximate surface area is 264 Å². The first-order valence-electron chi connectivity index (χ1n) is 14.9. The Morgan fingerprint density at radius 1 is 1.11 bits per heavy atom. The van der Waals surface area contributed by atoms with Gasteiger partial charge in [-0.1, -0.05) is 0 Å². The zero-order chi connectivity index (χ0) is 33.0. The average molecular weight is 627 g/mol. The number of aryl methyl sites for hydroxylation is 1. The highest BCUT2D eigenvalue weighted by molar-refractivity contribution is 6.06. The van der Waals surface area contributed by atoms with Gasteiger partial charge in [-0.05, 0) is 94.6 Å². The third-order valence-electron chi connectivity index (χ3n) is 8.72. The molecule has 1 aliphatic heterocycles. The fourth-order valence-corrected chi connectivity index (χ4v) is 5.44. The highest BCUT2D eigenvalue weighted by Gasteiger charge is 2.45. The summed E-state index contributed by atoms with van der Waals surface area (Å²) in [4.78, 5) is 47.9. The molecule has 1 aliphatic carbocycles. The van der Waals surface area contributed by atoms with Crippen LogP contribution < -0.4 is 26.4 Å². The molecule has 6 rings (SSSR count). The number of pyridine rings is 2. The normalized spacial score (nSPS) is 19.0. The van der Waals surface area contributed by atoms with Gasteiger partial charge in [0.25, 0.3) is 5.91 Å². The molecule has 0 unspecified atom stereocenters. The Morgan fingerprint density at radius 2 is 1.83 bits per heavy atom. The van der Waals surface area contributed by atoms with E-state index in [0.29, 0.717) is 39.2 Å². The topological polar surface area (TPSA) is 169 Å². The predicted octanol–water partition coefficient (Wildman–Crippen LogP) is 4.19. The first-order chi connectivity index (χ1) is 21.7. The maximum absolute atomic E-state index is 13.7. The second-order valence-corrected chi connectivity index (χ2v) is 12.9. The van der Waals surface area contributed by atoms with Crippen molar-refractivity contribution in [1.82, 2.24) is 20.6 Å². The Hall–Kier alpha value is -5.10. The molecule has 2 aliphatic rings. The molecule has 11 nitrogen and oxygen atoms in total. The van der Waals surface area contributed by atoms with Crippen LogP contribution in [0.5, 0.6) is 5.75 Å². The number of ether oxygens (including phenoxy) is 1. The number of carbonyl (C=O) groups excluding carboxylic acids is 3. The van der Waals surface area contributed by atoms with Crippen molar-refractivity contribution in [2.45, 2.75) is 57.1 Å². The van der Waals surface area contributed by atoms with E-state index in [1.165, 1.54) is 31.2 Å². The van der Waals surface area contributed by atoms with E-state index in [1.54, 1.807) is 31.3 Å². The molecule has 0 saturated heterocycles. The lowest BCUT2D eigenvalue weighted by atomic mass is 9.82. The standard InChI is InChI=1S/C34H35FN6O5/c1-18-11-20-12-21(13-24(26(20)37-15-18)39-31(44)41-32(2)9-10-32)29(42)38-16-34(4,45)25-14-23-28(46-17-33(23,3)30(36)43)27(40-25)19-5-7-22(35)8-6-19/h5-8,11-15,45H,9-10,16-17H2,1-4H3,(H2,36,43)(H,38,42)(H2,39,41,44)/t33-,34-/m0/s1. The maximum atomic E-state index is 13.7. The van der Waals surface area contributed by atoms with Crippen LogP contribution in [0.1, 0.15) is 60.8 Å². The second kappa shape index (κ2) is 11.1. The third kappa shape index (κ3) is 5.83. The predicted molar refractivity (Wildman–Crippen MR) is 170 cm³/mol. The van der Waals surface area contributed by atoms with Gasteiger partial charge in [-0.3, -0.25) is 14.6 Å². The summed E-state index contributed by atoms with van der Waals surface area (Å²) >= 11 is 0. The number of primary amides is 1. The summed E-state index contributed by atoms with van der Waals surface area (Å²) in [5.74, 6) is -1.25. The van der Waals surface area contributed by atoms with Gasteiger partial charge in [0, 0.05) is 33.8 Å². The zero-order valence-electron chi connectivity index (χ0n) is 26.0. The lowest BCUT2D eigenvalue weighted by Gasteiger charge is -2.26. The SMILES string of the molecule is Cc1cnc2c(NC(=O)NC3(C)CC3)cc(C(=O)NC[C@](C)(O)c3cc4c(c(-c5ccc(F)cc5)n3)OC[C@]4(C)C(N)=O)cc2c1. The first kappa shape index (κ1) is 30.9. The summed E-state index contributed by atoms with van der Waals surface area (Å²) in [6, 6.07) is 11.8. The highest BCUT2D eigenvalue weighted by Crippen LogP contribution is 2.45. The number of carbonyl (C=O) groups is 3. The van der Waals surface area contributed by atoms with Crippen molar-refractivity contribution < 1.29 is 28.6 Å². The molecule has 2 aromatic carbocycles. The van der Waals surface area contributed by atoms with Gasteiger partial charge < -0.3 is 31.5 Å². The Balaban J connectivity index is 1.30. The van der Waals surface area contributed by atoms with Gasteiger partial charge in [0.05, 0.1) is 23.4 Å². The fraction of sp³-hybridized carbons (Fsp3) is 0.324. The fourth-order valence-electron chi connectivity index (χ4n) is 5.44. The van der Waals surface area contributed by atoms with Crippen LogP contribution in [0.15, 0.2) is 54.7 Å². The number of amides is 4. The minimum atomic E-state index is -1.73. The van der Waals surface area contributed by atoms with Gasteiger partial charge in [-0.15, -0.1) is 0 Å². The van der Waals surface area contributed by atoms with E-state index in [2.05, 4.69) is 25.9 Å². The van der Waals surface area contributed by atoms with E-state index in [-0.39, 0.29) is 29.9 Å². The number of rotatable bonds is 8. The van der Waals surface area contributed by atoms with Crippen molar-refractivity contribution >= 4 is 34.4 Å². The number of halogens is 1. The average Bonchev–Trinajstić information content (AvgIpc) is 3.62. The monoisotopic (exact) mass is 626 g/mol. The molecule has 3 heterocycles. The van der Waals surface area contributed by atoms with E-state index >= 15 is 0 Å². The molecular formula is C34H35FN6O5. The number of aliphatic hydroxyl groups is 1. The van der Waals surface area contributed by atoms with Crippen LogP contribution in [-0.2, 0) is 15.8 Å². The molecule has 1 saturated carbocycles. The van der Waals surface area contributed by atoms with Gasteiger partial charge in [0.2, 0.25) is 5.91 Å². The van der Waals surface area contributed by atoms with Crippen LogP contribution in [-0.4, -0.2) is 51.6 Å². The summed E-state index contributed by atoms with van der Waals surface area (Å²) < 4.78 is 19.6. The number of fused-ring (bicyclic) bond motifs is 2. The second-order valence-electron chi connectivity index (χ2n) is 12.9. The van der Waals surface area contributed by atoms with Crippen molar-refractivity contribution in [3.63, 3.8) is 0 Å². The number of nitrogens with zero attached hydrogens (tertiary/aromatic N) is 2. The van der Waals surface area contributed by atoms with Crippen molar-refractivity contribution in [3.05, 3.63) is 82.9 Å². The number of nitrogens with two attached hydrogens (primary N) is 1. The number of hydrogen-bond donors (Lipinski definition) is 5. The highest BCUT2D eigenvalue weighted by atomic mass is 19.1. The molecular weight excluding hydrogens is 591 g/mol. The van der Waals surface area contributed by atoms with E-state index in [0.717, 1.165) is 18.4 Å². The quantitative estimate of drug-likeness (QED) is 0.195. The number of hydrogen-bond acceptors (Lipinski definition) is 7. The molecule has 2 atom stereocenters. The van der Waals surface area contributed by atoms with Crippen LogP contribution in [0.3, 0.4) is 0 Å². The molecule has 4 amide bonds. The summed E-state index contributed by atoms with van der Waals surface area (Å²) in [7, 11) is 0. The van der Waals surface area contributed by atoms with Crippen LogP contribution >= 0.6 is 0 Å². The number of anilines is 1. The third-order valence-corrected chi connectivity index (χ3v) is 8.72. The minimum absolute atomic E-state index is 0.0280. The molecule has 6 N–H and O–H groups in total. The molecule has 238 valence electrons. The lowest BCUT2D eigenvalue weighted by Crippen LogP contribution is -2.41. The molecule has 0 spiro atoms. The Bertz CT molecular complexity index is 1910. The largest absolute Gasteiger partial charge is 0.489 e. The van der Waals surface area contributed by atoms with Gasteiger partial charge in [0.15, 0.2) is 0 Å². The first-order valence-corrected chi connectivity index (χ1v) is 14.9. The van der Waals surface area contributed by atoms with E-state index in [1.807, 2.05) is 19.9 Å². The smallest absolute Gasteiger partial charge is 0.319 e. The Kier molecular flexibility index (Phi) is 7.43. The Morgan fingerprint density at radius 3 is 2.50 bits per heavy atom. The van der Waals surface area contributed by atoms with Gasteiger partial charge >= 0.3 is 6.03 Å². The van der Waals surface area contributed by atoms with Crippen molar-refractivity contribution in [1.29, 1.82) is 0 Å². The number of nitrogens with one attached hydrogen (secondary N) is 3. The van der Waals surface area contributed by atoms with Crippen molar-refractivity contribution in [2.24, 2.45) is 5.73 Å². The number of urea groups is 1. The molecule has 0 bridgehead atoms. The lowest BCUT2D eigenvalue weighted by molar-refractivity contribution is -0.123. The summed E-state index contributed by atoms with van der Waals surface area (Å²) in [5.41, 5.74) is 5.99. The molecule has 2 aromatic heterocycles. The van der Waals surface area contributed by atoms with E-state index in [9.17, 15) is 23.9 Å². The van der Waals surface area contributed by atoms with E-state index < -0.39 is 34.7 Å². The van der Waals surface area contributed by atoms with Crippen LogP contribution in [0.25, 0.3) is 22.2 Å². The summed E-state index contributed by atoms with van der Waals surface area (Å²) in [6.45, 7) is 6.67. The van der Waals surface area contributed by atoms with Gasteiger partial charge in [-0.2, -0.15) is 0 Å². The van der Waals surface area contributed by atoms with Crippen molar-refractivity contribution in [3.8, 4) is 17.0 Å². The summed E-state index contributed by atoms with van der Waals surface area (Å²) in [6.07, 6.45) is 3.46. The number of aromatic nitrogens is 2. The maximum Gasteiger partial charge on any atom is 0.319 e. The van der Waals surface area contributed by atoms with Gasteiger partial charge in [-0.25, -0.2) is 14.2 Å². The van der Waals surface area contributed by atoms with Gasteiger partial charge in [0.1, 0.15) is 34.9 Å². The number of benzene rings is 2.